The molecule has 6 nitrogen and oxygen atoms in total. The van der Waals surface area contributed by atoms with Gasteiger partial charge in [0.1, 0.15) is 0 Å². The Morgan fingerprint density at radius 2 is 2.00 bits per heavy atom. The van der Waals surface area contributed by atoms with Crippen molar-refractivity contribution in [1.82, 2.24) is 10.2 Å². The van der Waals surface area contributed by atoms with Crippen LogP contribution in [0.2, 0.25) is 0 Å². The van der Waals surface area contributed by atoms with E-state index >= 15 is 0 Å². The summed E-state index contributed by atoms with van der Waals surface area (Å²) in [6.07, 6.45) is 11.4. The zero-order valence-electron chi connectivity index (χ0n) is 17.4. The Labute approximate surface area is 172 Å². The molecule has 0 aromatic carbocycles. The van der Waals surface area contributed by atoms with E-state index < -0.39 is 17.6 Å². The lowest BCUT2D eigenvalue weighted by atomic mass is 9.63. The number of ketones is 1. The topological polar surface area (TPSA) is 86.7 Å². The van der Waals surface area contributed by atoms with Gasteiger partial charge in [-0.3, -0.25) is 14.4 Å². The van der Waals surface area contributed by atoms with Crippen LogP contribution >= 0.6 is 0 Å². The Hall–Kier alpha value is -1.95. The van der Waals surface area contributed by atoms with Gasteiger partial charge in [0.15, 0.2) is 11.5 Å². The summed E-state index contributed by atoms with van der Waals surface area (Å²) in [6.45, 7) is 4.83. The maximum absolute atomic E-state index is 13.5. The molecule has 2 fully saturated rings. The minimum atomic E-state index is -1.68. The van der Waals surface area contributed by atoms with Gasteiger partial charge in [0, 0.05) is 19.0 Å². The van der Waals surface area contributed by atoms with Gasteiger partial charge in [0.05, 0.1) is 11.5 Å². The number of nitrogens with one attached hydrogen (secondary N) is 1. The van der Waals surface area contributed by atoms with E-state index in [0.29, 0.717) is 25.4 Å². The number of hydrogen-bond acceptors (Lipinski definition) is 4. The van der Waals surface area contributed by atoms with Gasteiger partial charge < -0.3 is 15.3 Å². The van der Waals surface area contributed by atoms with Gasteiger partial charge in [-0.15, -0.1) is 0 Å². The molecule has 6 heteroatoms. The molecular weight excluding hydrogens is 368 g/mol. The van der Waals surface area contributed by atoms with Crippen molar-refractivity contribution in [3.05, 3.63) is 23.8 Å². The van der Waals surface area contributed by atoms with Crippen molar-refractivity contribution in [1.29, 1.82) is 0 Å². The number of hydrogen-bond donors (Lipinski definition) is 2. The molecule has 1 saturated carbocycles. The lowest BCUT2D eigenvalue weighted by Crippen LogP contribution is -2.50. The third-order valence-corrected chi connectivity index (χ3v) is 7.42. The number of aliphatic hydroxyl groups is 1. The Morgan fingerprint density at radius 1 is 1.24 bits per heavy atom. The van der Waals surface area contributed by atoms with Crippen molar-refractivity contribution < 1.29 is 19.5 Å². The summed E-state index contributed by atoms with van der Waals surface area (Å²) in [5.74, 6) is -1.04. The van der Waals surface area contributed by atoms with Gasteiger partial charge in [0.2, 0.25) is 5.91 Å². The molecule has 4 rings (SSSR count). The van der Waals surface area contributed by atoms with Gasteiger partial charge in [-0.2, -0.15) is 0 Å². The predicted octanol–water partition coefficient (Wildman–Crippen LogP) is 2.19. The lowest BCUT2D eigenvalue weighted by Gasteiger charge is -2.40. The van der Waals surface area contributed by atoms with E-state index in [0.717, 1.165) is 25.7 Å². The summed E-state index contributed by atoms with van der Waals surface area (Å²) >= 11 is 0. The first-order valence-electron chi connectivity index (χ1n) is 11.2. The molecule has 158 valence electrons. The van der Waals surface area contributed by atoms with E-state index in [9.17, 15) is 19.5 Å². The molecule has 1 unspecified atom stereocenters. The SMILES string of the molecule is CCCNC(=O)[C@@H]1CCN2C(=O)C(C(=O)C3[C@H]4CCCC[C@@H]4C=C[C@@H]3C)=C[C@]12O. The average molecular weight is 401 g/mol. The van der Waals surface area contributed by atoms with Crippen LogP contribution in [0.4, 0.5) is 0 Å². The highest BCUT2D eigenvalue weighted by Gasteiger charge is 2.58. The summed E-state index contributed by atoms with van der Waals surface area (Å²) in [4.78, 5) is 40.5. The predicted molar refractivity (Wildman–Crippen MR) is 108 cm³/mol. The van der Waals surface area contributed by atoms with Crippen LogP contribution in [0.1, 0.15) is 52.4 Å². The Kier molecular flexibility index (Phi) is 5.40. The number of allylic oxidation sites excluding steroid dienone is 2. The van der Waals surface area contributed by atoms with Crippen molar-refractivity contribution in [2.75, 3.05) is 13.1 Å². The van der Waals surface area contributed by atoms with Gasteiger partial charge in [-0.25, -0.2) is 0 Å². The first-order chi connectivity index (χ1) is 13.9. The molecule has 29 heavy (non-hydrogen) atoms. The second-order valence-electron chi connectivity index (χ2n) is 9.18. The number of amides is 2. The minimum absolute atomic E-state index is 0.0734. The number of nitrogens with zero attached hydrogens (tertiary/aromatic N) is 1. The Morgan fingerprint density at radius 3 is 2.76 bits per heavy atom. The molecule has 0 spiro atoms. The lowest BCUT2D eigenvalue weighted by molar-refractivity contribution is -0.146. The van der Waals surface area contributed by atoms with Crippen LogP contribution in [-0.4, -0.2) is 46.4 Å². The normalized spacial score (nSPS) is 38.4. The molecule has 2 aliphatic heterocycles. The highest BCUT2D eigenvalue weighted by Crippen LogP contribution is 2.46. The molecule has 2 amide bonds. The zero-order chi connectivity index (χ0) is 20.8. The van der Waals surface area contributed by atoms with Gasteiger partial charge in [-0.05, 0) is 49.5 Å². The minimum Gasteiger partial charge on any atom is -0.366 e. The van der Waals surface area contributed by atoms with Crippen LogP contribution in [0.3, 0.4) is 0 Å². The smallest absolute Gasteiger partial charge is 0.259 e. The second-order valence-corrected chi connectivity index (χ2v) is 9.18. The molecule has 0 radical (unpaired) electrons. The first-order valence-corrected chi connectivity index (χ1v) is 11.2. The fourth-order valence-electron chi connectivity index (χ4n) is 5.89. The third-order valence-electron chi connectivity index (χ3n) is 7.42. The molecule has 2 aliphatic carbocycles. The fraction of sp³-hybridized carbons (Fsp3) is 0.696. The highest BCUT2D eigenvalue weighted by molar-refractivity contribution is 6.22. The maximum Gasteiger partial charge on any atom is 0.259 e. The number of fused-ring (bicyclic) bond motifs is 2. The summed E-state index contributed by atoms with van der Waals surface area (Å²) in [6, 6.07) is 0. The van der Waals surface area contributed by atoms with E-state index in [1.54, 1.807) is 0 Å². The third kappa shape index (κ3) is 3.25. The molecule has 1 saturated heterocycles. The van der Waals surface area contributed by atoms with Crippen LogP contribution in [0.25, 0.3) is 0 Å². The van der Waals surface area contributed by atoms with Crippen molar-refractivity contribution in [2.45, 2.75) is 58.1 Å². The van der Waals surface area contributed by atoms with Crippen molar-refractivity contribution in [3.63, 3.8) is 0 Å². The van der Waals surface area contributed by atoms with Crippen LogP contribution in [0.5, 0.6) is 0 Å². The maximum atomic E-state index is 13.5. The number of carbonyl (C=O) groups is 3. The molecule has 6 atom stereocenters. The number of carbonyl (C=O) groups excluding carboxylic acids is 3. The second kappa shape index (κ2) is 7.71. The largest absolute Gasteiger partial charge is 0.366 e. The van der Waals surface area contributed by atoms with Gasteiger partial charge >= 0.3 is 0 Å². The standard InChI is InChI=1S/C23H32N2O4/c1-3-11-24-21(27)18-10-12-25-22(28)17(13-23(18,25)29)20(26)19-14(2)8-9-15-6-4-5-7-16(15)19/h8-9,13-16,18-19,29H,3-7,10-12H2,1-2H3,(H,24,27)/t14-,15+,16-,18-,19?,23-/m0/s1. The van der Waals surface area contributed by atoms with E-state index in [1.165, 1.54) is 17.4 Å². The first kappa shape index (κ1) is 20.3. The number of rotatable bonds is 5. The summed E-state index contributed by atoms with van der Waals surface area (Å²) in [5.41, 5.74) is -1.60. The monoisotopic (exact) mass is 400 g/mol. The zero-order valence-corrected chi connectivity index (χ0v) is 17.4. The fourth-order valence-corrected chi connectivity index (χ4v) is 5.89. The molecule has 4 aliphatic rings. The summed E-state index contributed by atoms with van der Waals surface area (Å²) < 4.78 is 0. The molecular formula is C23H32N2O4. The van der Waals surface area contributed by atoms with E-state index in [-0.39, 0.29) is 35.0 Å². The molecule has 0 aromatic rings. The molecule has 0 bridgehead atoms. The number of Topliss-reactive ketones (excluding diaryl/α,β-unsaturated/α-hetero) is 1. The van der Waals surface area contributed by atoms with Crippen molar-refractivity contribution in [2.24, 2.45) is 29.6 Å². The van der Waals surface area contributed by atoms with Gasteiger partial charge in [-0.1, -0.05) is 38.8 Å². The average Bonchev–Trinajstić information content (AvgIpc) is 3.18. The highest BCUT2D eigenvalue weighted by atomic mass is 16.3. The van der Waals surface area contributed by atoms with Crippen LogP contribution in [0.15, 0.2) is 23.8 Å². The van der Waals surface area contributed by atoms with Crippen LogP contribution in [0, 0.1) is 29.6 Å². The molecule has 0 aromatic heterocycles. The Balaban J connectivity index is 1.60. The van der Waals surface area contributed by atoms with Crippen molar-refractivity contribution >= 4 is 17.6 Å². The van der Waals surface area contributed by atoms with E-state index in [2.05, 4.69) is 17.5 Å². The van der Waals surface area contributed by atoms with Crippen LogP contribution in [-0.2, 0) is 14.4 Å². The van der Waals surface area contributed by atoms with Crippen molar-refractivity contribution in [3.8, 4) is 0 Å². The summed E-state index contributed by atoms with van der Waals surface area (Å²) in [5, 5.41) is 14.1. The summed E-state index contributed by atoms with van der Waals surface area (Å²) in [7, 11) is 0. The van der Waals surface area contributed by atoms with E-state index in [4.69, 9.17) is 0 Å². The quantitative estimate of drug-likeness (QED) is 0.547. The van der Waals surface area contributed by atoms with Crippen LogP contribution < -0.4 is 5.32 Å². The molecule has 2 N–H and O–H groups in total. The Bertz CT molecular complexity index is 773. The molecule has 2 heterocycles. The van der Waals surface area contributed by atoms with Gasteiger partial charge in [0.25, 0.3) is 5.91 Å². The van der Waals surface area contributed by atoms with E-state index in [1.807, 2.05) is 13.8 Å².